The van der Waals surface area contributed by atoms with Crippen molar-refractivity contribution in [1.29, 1.82) is 0 Å². The molecule has 5 rings (SSSR count). The van der Waals surface area contributed by atoms with Gasteiger partial charge >= 0.3 is 11.5 Å². The molecule has 3 N–H and O–H groups in total. The van der Waals surface area contributed by atoms with Crippen LogP contribution in [0.4, 0.5) is 29.3 Å². The van der Waals surface area contributed by atoms with Gasteiger partial charge < -0.3 is 5.32 Å². The number of nitrogens with zero attached hydrogens (tertiary/aromatic N) is 5. The van der Waals surface area contributed by atoms with Gasteiger partial charge in [-0.2, -0.15) is 18.6 Å². The lowest BCUT2D eigenvalue weighted by Gasteiger charge is -2.24. The molecule has 1 aromatic heterocycles. The van der Waals surface area contributed by atoms with Gasteiger partial charge in [0.05, 0.1) is 6.54 Å². The van der Waals surface area contributed by atoms with Gasteiger partial charge in [-0.05, 0) is 102 Å². The number of benzene rings is 3. The summed E-state index contributed by atoms with van der Waals surface area (Å²) in [4.78, 5) is 28.4. The van der Waals surface area contributed by atoms with E-state index in [-0.39, 0.29) is 28.9 Å². The first kappa shape index (κ1) is 28.8. The molecule has 3 amide bonds. The van der Waals surface area contributed by atoms with Crippen LogP contribution in [0, 0.1) is 0 Å². The molecule has 1 aliphatic carbocycles. The number of thioether (sulfide) groups is 1. The number of carbonyl (C=O) groups excluding carboxylic acids is 2. The van der Waals surface area contributed by atoms with Crippen molar-refractivity contribution in [2.45, 2.75) is 42.6 Å². The van der Waals surface area contributed by atoms with Gasteiger partial charge in [0.2, 0.25) is 10.4 Å². The third kappa shape index (κ3) is 7.72. The summed E-state index contributed by atoms with van der Waals surface area (Å²) in [6.45, 7) is 0.132. The second-order valence-corrected chi connectivity index (χ2v) is 10.6. The molecule has 216 valence electrons. The zero-order chi connectivity index (χ0) is 29.5. The number of amides is 3. The molecule has 0 unspecified atom stereocenters. The smallest absolute Gasteiger partial charge is 0.307 e. The maximum absolute atomic E-state index is 13.5. The summed E-state index contributed by atoms with van der Waals surface area (Å²) in [5.74, 6) is -0.455. The monoisotopic (exact) mass is 595 g/mol. The Labute approximate surface area is 242 Å². The zero-order valence-electron chi connectivity index (χ0n) is 22.1. The molecule has 0 bridgehead atoms. The van der Waals surface area contributed by atoms with Crippen LogP contribution in [0.25, 0.3) is 5.57 Å². The summed E-state index contributed by atoms with van der Waals surface area (Å²) < 4.78 is 38.7. The van der Waals surface area contributed by atoms with E-state index >= 15 is 0 Å². The third-order valence-corrected chi connectivity index (χ3v) is 7.20. The van der Waals surface area contributed by atoms with Crippen LogP contribution in [-0.2, 0) is 6.54 Å². The minimum Gasteiger partial charge on any atom is -0.307 e. The molecule has 10 nitrogen and oxygen atoms in total. The lowest BCUT2D eigenvalue weighted by molar-refractivity contribution is -0.759. The number of urea groups is 1. The van der Waals surface area contributed by atoms with Gasteiger partial charge in [-0.1, -0.05) is 36.4 Å². The van der Waals surface area contributed by atoms with E-state index in [9.17, 15) is 22.8 Å². The Morgan fingerprint density at radius 1 is 1.02 bits per heavy atom. The van der Waals surface area contributed by atoms with Crippen molar-refractivity contribution < 1.29 is 27.7 Å². The highest BCUT2D eigenvalue weighted by molar-refractivity contribution is 8.00. The van der Waals surface area contributed by atoms with Crippen LogP contribution < -0.4 is 20.5 Å². The van der Waals surface area contributed by atoms with Gasteiger partial charge in [-0.25, -0.2) is 4.79 Å². The van der Waals surface area contributed by atoms with Crippen molar-refractivity contribution in [3.8, 4) is 0 Å². The van der Waals surface area contributed by atoms with Crippen LogP contribution in [0.5, 0.6) is 0 Å². The van der Waals surface area contributed by atoms with E-state index in [0.29, 0.717) is 11.3 Å². The molecule has 1 aliphatic rings. The van der Waals surface area contributed by atoms with E-state index in [1.165, 1.54) is 41.2 Å². The van der Waals surface area contributed by atoms with Crippen LogP contribution in [-0.4, -0.2) is 38.3 Å². The number of alkyl halides is 3. The summed E-state index contributed by atoms with van der Waals surface area (Å²) in [6.07, 6.45) is 6.59. The predicted molar refractivity (Wildman–Crippen MR) is 151 cm³/mol. The number of anilines is 2. The largest absolute Gasteiger partial charge is 0.446 e. The molecule has 0 saturated carbocycles. The van der Waals surface area contributed by atoms with Crippen molar-refractivity contribution in [2.24, 2.45) is 0 Å². The number of carbonyl (C=O) groups is 2. The molecule has 0 saturated heterocycles. The average Bonchev–Trinajstić information content (AvgIpc) is 3.49. The average molecular weight is 596 g/mol. The SMILES string of the molecule is O=C(N[n+]1nnn[nH]1)c1ccc(CN(C(=O)Nc2cccc(SC(F)(F)F)c2)c2ccc(C3=CCCCC3)cc2)cc1. The van der Waals surface area contributed by atoms with Gasteiger partial charge in [0.1, 0.15) is 0 Å². The highest BCUT2D eigenvalue weighted by atomic mass is 32.2. The first-order valence-electron chi connectivity index (χ1n) is 13.0. The van der Waals surface area contributed by atoms with Crippen LogP contribution in [0.2, 0.25) is 0 Å². The molecular weight excluding hydrogens is 569 g/mol. The van der Waals surface area contributed by atoms with Crippen LogP contribution in [0.3, 0.4) is 0 Å². The highest BCUT2D eigenvalue weighted by Crippen LogP contribution is 2.37. The van der Waals surface area contributed by atoms with Crippen LogP contribution in [0.15, 0.2) is 83.8 Å². The molecule has 42 heavy (non-hydrogen) atoms. The molecular formula is C28H26F3N8O2S+. The van der Waals surface area contributed by atoms with Crippen molar-refractivity contribution in [1.82, 2.24) is 20.9 Å². The second kappa shape index (κ2) is 12.9. The van der Waals surface area contributed by atoms with E-state index < -0.39 is 17.4 Å². The number of nitrogens with one attached hydrogen (secondary N) is 3. The fourth-order valence-electron chi connectivity index (χ4n) is 4.49. The minimum absolute atomic E-state index is 0.0369. The number of allylic oxidation sites excluding steroid dienone is 2. The number of aromatic amines is 1. The molecule has 14 heteroatoms. The fourth-order valence-corrected chi connectivity index (χ4v) is 5.09. The van der Waals surface area contributed by atoms with Crippen LogP contribution >= 0.6 is 11.8 Å². The topological polar surface area (TPSA) is 120 Å². The number of H-pyrrole nitrogens is 1. The van der Waals surface area contributed by atoms with Gasteiger partial charge in [-0.15, -0.1) is 0 Å². The Hall–Kier alpha value is -4.72. The van der Waals surface area contributed by atoms with Crippen molar-refractivity contribution in [2.75, 3.05) is 15.6 Å². The highest BCUT2D eigenvalue weighted by Gasteiger charge is 2.29. The summed E-state index contributed by atoms with van der Waals surface area (Å²) >= 11 is -0.248. The first-order valence-corrected chi connectivity index (χ1v) is 13.9. The summed E-state index contributed by atoms with van der Waals surface area (Å²) in [5, 5.41) is 15.4. The third-order valence-electron chi connectivity index (χ3n) is 6.48. The summed E-state index contributed by atoms with van der Waals surface area (Å²) in [5.41, 5.74) is 2.26. The lowest BCUT2D eigenvalue weighted by Crippen LogP contribution is -2.52. The number of halogens is 3. The normalized spacial score (nSPS) is 13.3. The molecule has 1 heterocycles. The van der Waals surface area contributed by atoms with Gasteiger partial charge in [0.15, 0.2) is 5.21 Å². The Morgan fingerprint density at radius 2 is 1.81 bits per heavy atom. The molecule has 0 spiro atoms. The van der Waals surface area contributed by atoms with Crippen molar-refractivity contribution >= 4 is 40.6 Å². The molecule has 4 aromatic rings. The van der Waals surface area contributed by atoms with E-state index in [2.05, 4.69) is 37.7 Å². The number of hydrogen-bond donors (Lipinski definition) is 3. The number of aromatic nitrogens is 5. The molecule has 0 radical (unpaired) electrons. The maximum atomic E-state index is 13.5. The van der Waals surface area contributed by atoms with E-state index in [1.54, 1.807) is 24.3 Å². The minimum atomic E-state index is -4.45. The quantitative estimate of drug-likeness (QED) is 0.178. The maximum Gasteiger partial charge on any atom is 0.446 e. The fraction of sp³-hybridized carbons (Fsp3) is 0.214. The Morgan fingerprint density at radius 3 is 2.48 bits per heavy atom. The second-order valence-electron chi connectivity index (χ2n) is 9.44. The number of hydrogen-bond acceptors (Lipinski definition) is 6. The molecule has 0 fully saturated rings. The van der Waals surface area contributed by atoms with Crippen molar-refractivity contribution in [3.63, 3.8) is 0 Å². The van der Waals surface area contributed by atoms with Crippen LogP contribution in [0.1, 0.15) is 47.2 Å². The van der Waals surface area contributed by atoms with Gasteiger partial charge in [0.25, 0.3) is 5.91 Å². The zero-order valence-corrected chi connectivity index (χ0v) is 23.0. The Kier molecular flexibility index (Phi) is 8.81. The molecule has 0 atom stereocenters. The number of rotatable bonds is 8. The van der Waals surface area contributed by atoms with Crippen molar-refractivity contribution in [3.05, 3.63) is 95.6 Å². The Bertz CT molecular complexity index is 1560. The van der Waals surface area contributed by atoms with Gasteiger partial charge in [-0.3, -0.25) is 9.69 Å². The van der Waals surface area contributed by atoms with E-state index in [0.717, 1.165) is 35.3 Å². The summed E-state index contributed by atoms with van der Waals surface area (Å²) in [6, 6.07) is 19.3. The van der Waals surface area contributed by atoms with E-state index in [1.807, 2.05) is 24.3 Å². The standard InChI is InChI=1S/C28H25F3N8O2S/c29-28(30,31)42-25-8-4-7-23(17-25)32-27(41)38(24-15-13-21(14-16-24)20-5-2-1-3-6-20)18-19-9-11-22(12-10-19)26(40)33-39-36-34-35-37-39/h4-5,7-17H,1-3,6,18H2,(H2,32,33,40,41)/p+1. The Balaban J connectivity index is 1.36. The summed E-state index contributed by atoms with van der Waals surface area (Å²) in [7, 11) is 0. The molecule has 0 aliphatic heterocycles. The first-order chi connectivity index (χ1) is 20.2. The molecule has 3 aromatic carbocycles. The van der Waals surface area contributed by atoms with E-state index in [4.69, 9.17) is 0 Å². The van der Waals surface area contributed by atoms with Gasteiger partial charge in [0, 0.05) is 26.7 Å². The predicted octanol–water partition coefficient (Wildman–Crippen LogP) is 5.68. The lowest BCUT2D eigenvalue weighted by atomic mass is 9.93.